The maximum absolute atomic E-state index is 12.7. The Morgan fingerprint density at radius 2 is 1.85 bits per heavy atom. The van der Waals surface area contributed by atoms with Gasteiger partial charge in [0.1, 0.15) is 5.82 Å². The number of benzene rings is 2. The van der Waals surface area contributed by atoms with Gasteiger partial charge in [0, 0.05) is 67.1 Å². The topological polar surface area (TPSA) is 87.4 Å². The molecule has 4 rings (SSSR count). The first-order chi connectivity index (χ1) is 16.3. The van der Waals surface area contributed by atoms with Gasteiger partial charge in [-0.3, -0.25) is 4.79 Å². The summed E-state index contributed by atoms with van der Waals surface area (Å²) in [4.78, 5) is 25.9. The molecule has 0 radical (unpaired) electrons. The van der Waals surface area contributed by atoms with E-state index in [-0.39, 0.29) is 11.8 Å². The first-order valence-corrected chi connectivity index (χ1v) is 11.9. The van der Waals surface area contributed by atoms with Gasteiger partial charge in [-0.05, 0) is 48.2 Å². The Labute approximate surface area is 209 Å². The normalized spacial score (nSPS) is 14.2. The average Bonchev–Trinajstić information content (AvgIpc) is 2.83. The van der Waals surface area contributed by atoms with Gasteiger partial charge in [-0.25, -0.2) is 4.98 Å². The molecule has 178 valence electrons. The predicted octanol–water partition coefficient (Wildman–Crippen LogP) is 4.63. The molecule has 0 aliphatic carbocycles. The van der Waals surface area contributed by atoms with Crippen LogP contribution in [0.3, 0.4) is 0 Å². The molecule has 0 unspecified atom stereocenters. The van der Waals surface area contributed by atoms with E-state index in [2.05, 4.69) is 20.2 Å². The number of halogens is 2. The van der Waals surface area contributed by atoms with Crippen molar-refractivity contribution in [1.82, 2.24) is 15.3 Å². The van der Waals surface area contributed by atoms with E-state index < -0.39 is 0 Å². The summed E-state index contributed by atoms with van der Waals surface area (Å²) in [7, 11) is 4.01. The standard InChI is InChI=1S/C25H28Cl2N6O/c1-32(2)20-7-4-16(5-8-20)21-15-30-25(31-23(21)28)33-11-9-17(10-12-33)24(34)29-14-18-3-6-19(26)13-22(18)27/h3-8,13,15,17H,9-12,14H2,1-2H3,(H,29,34)(H2,28,30,31). The van der Waals surface area contributed by atoms with E-state index in [4.69, 9.17) is 28.9 Å². The predicted molar refractivity (Wildman–Crippen MR) is 139 cm³/mol. The molecular formula is C25H28Cl2N6O. The maximum atomic E-state index is 12.7. The molecule has 1 fully saturated rings. The molecule has 9 heteroatoms. The number of aromatic nitrogens is 2. The zero-order chi connectivity index (χ0) is 24.2. The van der Waals surface area contributed by atoms with E-state index >= 15 is 0 Å². The highest BCUT2D eigenvalue weighted by Gasteiger charge is 2.26. The molecule has 1 aliphatic heterocycles. The fraction of sp³-hybridized carbons (Fsp3) is 0.320. The van der Waals surface area contributed by atoms with Gasteiger partial charge in [0.25, 0.3) is 0 Å². The van der Waals surface area contributed by atoms with E-state index in [0.29, 0.717) is 41.4 Å². The smallest absolute Gasteiger partial charge is 0.227 e. The van der Waals surface area contributed by atoms with E-state index in [1.807, 2.05) is 49.3 Å². The Kier molecular flexibility index (Phi) is 7.44. The van der Waals surface area contributed by atoms with Crippen molar-refractivity contribution in [3.05, 3.63) is 64.3 Å². The Bertz CT molecular complexity index is 1160. The summed E-state index contributed by atoms with van der Waals surface area (Å²) in [6, 6.07) is 13.4. The zero-order valence-corrected chi connectivity index (χ0v) is 20.8. The van der Waals surface area contributed by atoms with Gasteiger partial charge < -0.3 is 20.9 Å². The summed E-state index contributed by atoms with van der Waals surface area (Å²) in [6.07, 6.45) is 3.21. The van der Waals surface area contributed by atoms with Crippen molar-refractivity contribution in [3.63, 3.8) is 0 Å². The van der Waals surface area contributed by atoms with E-state index in [1.165, 1.54) is 0 Å². The molecular weight excluding hydrogens is 471 g/mol. The molecule has 34 heavy (non-hydrogen) atoms. The molecule has 7 nitrogen and oxygen atoms in total. The summed E-state index contributed by atoms with van der Waals surface area (Å²) >= 11 is 12.1. The van der Waals surface area contributed by atoms with Crippen molar-refractivity contribution in [3.8, 4) is 11.1 Å². The second kappa shape index (κ2) is 10.5. The number of amides is 1. The lowest BCUT2D eigenvalue weighted by molar-refractivity contribution is -0.125. The number of rotatable bonds is 6. The molecule has 1 aromatic heterocycles. The van der Waals surface area contributed by atoms with Crippen LogP contribution in [0.25, 0.3) is 11.1 Å². The number of nitrogen functional groups attached to an aromatic ring is 1. The third kappa shape index (κ3) is 5.54. The van der Waals surface area contributed by atoms with Crippen molar-refractivity contribution >= 4 is 46.6 Å². The minimum Gasteiger partial charge on any atom is -0.383 e. The molecule has 3 N–H and O–H groups in total. The van der Waals surface area contributed by atoms with Gasteiger partial charge in [0.15, 0.2) is 0 Å². The summed E-state index contributed by atoms with van der Waals surface area (Å²) in [6.45, 7) is 1.76. The first-order valence-electron chi connectivity index (χ1n) is 11.2. The number of hydrogen-bond acceptors (Lipinski definition) is 6. The fourth-order valence-corrected chi connectivity index (χ4v) is 4.51. The summed E-state index contributed by atoms with van der Waals surface area (Å²) < 4.78 is 0. The van der Waals surface area contributed by atoms with Crippen molar-refractivity contribution < 1.29 is 4.79 Å². The first kappa shape index (κ1) is 24.1. The number of carbonyl (C=O) groups excluding carboxylic acids is 1. The second-order valence-corrected chi connectivity index (χ2v) is 9.47. The highest BCUT2D eigenvalue weighted by molar-refractivity contribution is 6.35. The highest BCUT2D eigenvalue weighted by atomic mass is 35.5. The molecule has 0 spiro atoms. The van der Waals surface area contributed by atoms with Gasteiger partial charge in [0.2, 0.25) is 11.9 Å². The lowest BCUT2D eigenvalue weighted by Crippen LogP contribution is -2.41. The van der Waals surface area contributed by atoms with Crippen LogP contribution in [0.2, 0.25) is 10.0 Å². The van der Waals surface area contributed by atoms with Gasteiger partial charge in [-0.1, -0.05) is 41.4 Å². The molecule has 3 aromatic rings. The van der Waals surface area contributed by atoms with Crippen molar-refractivity contribution in [1.29, 1.82) is 0 Å². The molecule has 0 bridgehead atoms. The molecule has 2 heterocycles. The fourth-order valence-electron chi connectivity index (χ4n) is 4.03. The third-order valence-corrected chi connectivity index (χ3v) is 6.70. The number of nitrogens with one attached hydrogen (secondary N) is 1. The Morgan fingerprint density at radius 3 is 2.47 bits per heavy atom. The lowest BCUT2D eigenvalue weighted by Gasteiger charge is -2.31. The zero-order valence-electron chi connectivity index (χ0n) is 19.3. The van der Waals surface area contributed by atoms with Crippen LogP contribution in [0.4, 0.5) is 17.5 Å². The third-order valence-electron chi connectivity index (χ3n) is 6.12. The van der Waals surface area contributed by atoms with Gasteiger partial charge in [0.05, 0.1) is 0 Å². The molecule has 0 atom stereocenters. The largest absolute Gasteiger partial charge is 0.383 e. The highest BCUT2D eigenvalue weighted by Crippen LogP contribution is 2.29. The van der Waals surface area contributed by atoms with E-state index in [9.17, 15) is 4.79 Å². The van der Waals surface area contributed by atoms with Crippen LogP contribution >= 0.6 is 23.2 Å². The Morgan fingerprint density at radius 1 is 1.15 bits per heavy atom. The van der Waals surface area contributed by atoms with Crippen LogP contribution in [-0.4, -0.2) is 43.1 Å². The van der Waals surface area contributed by atoms with E-state index in [0.717, 1.165) is 35.2 Å². The number of nitrogens with zero attached hydrogens (tertiary/aromatic N) is 4. The van der Waals surface area contributed by atoms with Crippen LogP contribution in [0.1, 0.15) is 18.4 Å². The number of piperidine rings is 1. The van der Waals surface area contributed by atoms with Crippen LogP contribution in [0.5, 0.6) is 0 Å². The van der Waals surface area contributed by atoms with Crippen LogP contribution in [0.15, 0.2) is 48.7 Å². The molecule has 1 amide bonds. The summed E-state index contributed by atoms with van der Waals surface area (Å²) in [5, 5.41) is 4.11. The second-order valence-electron chi connectivity index (χ2n) is 8.63. The minimum atomic E-state index is -0.0610. The minimum absolute atomic E-state index is 0.0302. The van der Waals surface area contributed by atoms with Crippen molar-refractivity contribution in [2.24, 2.45) is 5.92 Å². The van der Waals surface area contributed by atoms with Gasteiger partial charge >= 0.3 is 0 Å². The number of nitrogens with two attached hydrogens (primary N) is 1. The maximum Gasteiger partial charge on any atom is 0.227 e. The summed E-state index contributed by atoms with van der Waals surface area (Å²) in [5.41, 5.74) is 10.0. The monoisotopic (exact) mass is 498 g/mol. The van der Waals surface area contributed by atoms with Crippen LogP contribution in [-0.2, 0) is 11.3 Å². The molecule has 1 aliphatic rings. The molecule has 1 saturated heterocycles. The molecule has 0 saturated carbocycles. The van der Waals surface area contributed by atoms with E-state index in [1.54, 1.807) is 18.3 Å². The van der Waals surface area contributed by atoms with Gasteiger partial charge in [-0.2, -0.15) is 4.98 Å². The van der Waals surface area contributed by atoms with Crippen molar-refractivity contribution in [2.75, 3.05) is 42.7 Å². The number of anilines is 3. The number of hydrogen-bond donors (Lipinski definition) is 2. The lowest BCUT2D eigenvalue weighted by atomic mass is 9.96. The van der Waals surface area contributed by atoms with Crippen LogP contribution < -0.4 is 20.9 Å². The summed E-state index contributed by atoms with van der Waals surface area (Å²) in [5.74, 6) is 1.01. The Hall–Kier alpha value is -3.03. The number of carbonyl (C=O) groups is 1. The average molecular weight is 499 g/mol. The quantitative estimate of drug-likeness (QED) is 0.514. The van der Waals surface area contributed by atoms with Gasteiger partial charge in [-0.15, -0.1) is 0 Å². The van der Waals surface area contributed by atoms with Crippen LogP contribution in [0, 0.1) is 5.92 Å². The Balaban J connectivity index is 1.33. The van der Waals surface area contributed by atoms with Crippen molar-refractivity contribution in [2.45, 2.75) is 19.4 Å². The SMILES string of the molecule is CN(C)c1ccc(-c2cnc(N3CCC(C(=O)NCc4ccc(Cl)cc4Cl)CC3)nc2N)cc1. The molecule has 2 aromatic carbocycles.